The van der Waals surface area contributed by atoms with Crippen molar-refractivity contribution in [3.05, 3.63) is 100 Å². The summed E-state index contributed by atoms with van der Waals surface area (Å²) < 4.78 is 0. The fourth-order valence-electron chi connectivity index (χ4n) is 4.39. The molecule has 3 atom stereocenters. The van der Waals surface area contributed by atoms with E-state index in [2.05, 4.69) is 0 Å². The maximum Gasteiger partial charge on any atom is 0.271 e. The van der Waals surface area contributed by atoms with Gasteiger partial charge in [0.1, 0.15) is 5.92 Å². The molecule has 2 aliphatic rings. The number of hydrogen-bond acceptors (Lipinski definition) is 6. The minimum atomic E-state index is -1.02. The second-order valence-corrected chi connectivity index (χ2v) is 7.86. The summed E-state index contributed by atoms with van der Waals surface area (Å²) in [6.07, 6.45) is -1.02. The van der Waals surface area contributed by atoms with Gasteiger partial charge in [0.2, 0.25) is 5.91 Å². The first-order chi connectivity index (χ1) is 15.5. The number of benzene rings is 3. The molecule has 3 aromatic rings. The number of hydrogen-bond donors (Lipinski definition) is 0. The Bertz CT molecular complexity index is 1230. The zero-order chi connectivity index (χ0) is 22.4. The number of imide groups is 1. The van der Waals surface area contributed by atoms with Crippen LogP contribution in [0.1, 0.15) is 17.2 Å². The average molecular weight is 429 g/mol. The fraction of sp³-hybridized carbons (Fsp3) is 0.167. The number of aryl methyl sites for hydroxylation is 1. The Labute approximate surface area is 183 Å². The zero-order valence-electron chi connectivity index (χ0n) is 17.1. The highest BCUT2D eigenvalue weighted by Crippen LogP contribution is 2.47. The molecule has 2 saturated heterocycles. The van der Waals surface area contributed by atoms with Gasteiger partial charge in [0, 0.05) is 12.1 Å². The van der Waals surface area contributed by atoms with E-state index in [0.29, 0.717) is 11.4 Å². The van der Waals surface area contributed by atoms with Gasteiger partial charge in [-0.2, -0.15) is 0 Å². The van der Waals surface area contributed by atoms with Crippen molar-refractivity contribution >= 4 is 28.9 Å². The second-order valence-electron chi connectivity index (χ2n) is 7.86. The van der Waals surface area contributed by atoms with E-state index < -0.39 is 28.9 Å². The molecule has 2 amide bonds. The van der Waals surface area contributed by atoms with Crippen LogP contribution in [0, 0.1) is 23.0 Å². The highest BCUT2D eigenvalue weighted by Gasteiger charge is 2.60. The van der Waals surface area contributed by atoms with Crippen LogP contribution in [0.25, 0.3) is 0 Å². The summed E-state index contributed by atoms with van der Waals surface area (Å²) in [5, 5.41) is 12.7. The van der Waals surface area contributed by atoms with Gasteiger partial charge in [-0.15, -0.1) is 0 Å². The van der Waals surface area contributed by atoms with Crippen LogP contribution in [0.2, 0.25) is 0 Å². The van der Waals surface area contributed by atoms with E-state index in [9.17, 15) is 19.7 Å². The number of carbonyl (C=O) groups excluding carboxylic acids is 2. The normalized spacial score (nSPS) is 22.3. The summed E-state index contributed by atoms with van der Waals surface area (Å²) >= 11 is 0. The number of hydroxylamine groups is 1. The quantitative estimate of drug-likeness (QED) is 0.354. The third-order valence-corrected chi connectivity index (χ3v) is 5.81. The van der Waals surface area contributed by atoms with Crippen LogP contribution in [0.5, 0.6) is 0 Å². The summed E-state index contributed by atoms with van der Waals surface area (Å²) in [7, 11) is 0. The van der Waals surface area contributed by atoms with Gasteiger partial charge in [-0.1, -0.05) is 48.5 Å². The Kier molecular flexibility index (Phi) is 4.71. The van der Waals surface area contributed by atoms with E-state index in [1.54, 1.807) is 30.3 Å². The fourth-order valence-corrected chi connectivity index (χ4v) is 4.39. The lowest BCUT2D eigenvalue weighted by molar-refractivity contribution is -0.384. The highest BCUT2D eigenvalue weighted by atomic mass is 16.7. The molecule has 0 spiro atoms. The Morgan fingerprint density at radius 2 is 1.59 bits per heavy atom. The number of rotatable bonds is 4. The van der Waals surface area contributed by atoms with E-state index in [-0.39, 0.29) is 11.6 Å². The third kappa shape index (κ3) is 3.12. The number of nitro benzene ring substituents is 1. The van der Waals surface area contributed by atoms with Crippen LogP contribution < -0.4 is 9.96 Å². The van der Waals surface area contributed by atoms with E-state index in [0.717, 1.165) is 11.1 Å². The lowest BCUT2D eigenvalue weighted by Crippen LogP contribution is -2.37. The van der Waals surface area contributed by atoms with Gasteiger partial charge < -0.3 is 0 Å². The van der Waals surface area contributed by atoms with Crippen molar-refractivity contribution in [1.82, 2.24) is 0 Å². The summed E-state index contributed by atoms with van der Waals surface area (Å²) in [6.45, 7) is 1.89. The number of nitrogens with zero attached hydrogens (tertiary/aromatic N) is 3. The summed E-state index contributed by atoms with van der Waals surface area (Å²) in [6, 6.07) is 21.8. The number of fused-ring (bicyclic) bond motifs is 1. The smallest absolute Gasteiger partial charge is 0.271 e. The Morgan fingerprint density at radius 3 is 2.31 bits per heavy atom. The van der Waals surface area contributed by atoms with E-state index in [1.807, 2.05) is 43.3 Å². The van der Waals surface area contributed by atoms with Crippen LogP contribution in [0.3, 0.4) is 0 Å². The molecule has 8 heteroatoms. The Balaban J connectivity index is 1.59. The molecule has 0 bridgehead atoms. The van der Waals surface area contributed by atoms with Gasteiger partial charge in [0.25, 0.3) is 11.6 Å². The third-order valence-electron chi connectivity index (χ3n) is 5.81. The van der Waals surface area contributed by atoms with Crippen molar-refractivity contribution in [3.8, 4) is 0 Å². The van der Waals surface area contributed by atoms with Gasteiger partial charge in [-0.25, -0.2) is 9.96 Å². The summed E-state index contributed by atoms with van der Waals surface area (Å²) in [4.78, 5) is 44.8. The van der Waals surface area contributed by atoms with Crippen molar-refractivity contribution in [2.75, 3.05) is 9.96 Å². The number of non-ortho nitro benzene ring substituents is 1. The van der Waals surface area contributed by atoms with Crippen LogP contribution >= 0.6 is 0 Å². The highest BCUT2D eigenvalue weighted by molar-refractivity contribution is 6.24. The van der Waals surface area contributed by atoms with E-state index in [4.69, 9.17) is 4.84 Å². The molecule has 0 unspecified atom stereocenters. The summed E-state index contributed by atoms with van der Waals surface area (Å²) in [5.74, 6) is -1.59. The second kappa shape index (κ2) is 7.58. The maximum atomic E-state index is 13.5. The largest absolute Gasteiger partial charge is 0.273 e. The molecule has 160 valence electrons. The minimum absolute atomic E-state index is 0.103. The van der Waals surface area contributed by atoms with E-state index in [1.165, 1.54) is 22.1 Å². The maximum absolute atomic E-state index is 13.5. The number of nitro groups is 1. The number of anilines is 2. The molecule has 8 nitrogen and oxygen atoms in total. The van der Waals surface area contributed by atoms with Crippen LogP contribution in [0.4, 0.5) is 17.1 Å². The first-order valence-electron chi connectivity index (χ1n) is 10.2. The lowest BCUT2D eigenvalue weighted by Gasteiger charge is -2.28. The predicted molar refractivity (Wildman–Crippen MR) is 117 cm³/mol. The molecule has 2 aliphatic heterocycles. The molecule has 3 aromatic carbocycles. The van der Waals surface area contributed by atoms with Gasteiger partial charge in [-0.05, 0) is 36.2 Å². The molecule has 2 fully saturated rings. The number of amides is 2. The number of carbonyl (C=O) groups is 2. The monoisotopic (exact) mass is 429 g/mol. The van der Waals surface area contributed by atoms with Gasteiger partial charge >= 0.3 is 0 Å². The predicted octanol–water partition coefficient (Wildman–Crippen LogP) is 3.95. The molecule has 0 radical (unpaired) electrons. The first-order valence-corrected chi connectivity index (χ1v) is 10.2. The lowest BCUT2D eigenvalue weighted by atomic mass is 9.90. The average Bonchev–Trinajstić information content (AvgIpc) is 3.30. The van der Waals surface area contributed by atoms with E-state index >= 15 is 0 Å². The van der Waals surface area contributed by atoms with Crippen LogP contribution in [0.15, 0.2) is 78.9 Å². The van der Waals surface area contributed by atoms with Crippen molar-refractivity contribution in [3.63, 3.8) is 0 Å². The molecule has 2 heterocycles. The molecular formula is C24H19N3O5. The topological polar surface area (TPSA) is 93.0 Å². The van der Waals surface area contributed by atoms with Crippen molar-refractivity contribution < 1.29 is 19.3 Å². The molecule has 0 saturated carbocycles. The van der Waals surface area contributed by atoms with Gasteiger partial charge in [-0.3, -0.25) is 24.5 Å². The van der Waals surface area contributed by atoms with Crippen molar-refractivity contribution in [1.29, 1.82) is 0 Å². The van der Waals surface area contributed by atoms with Crippen molar-refractivity contribution in [2.24, 2.45) is 5.92 Å². The van der Waals surface area contributed by atoms with Gasteiger partial charge in [0.05, 0.1) is 22.3 Å². The van der Waals surface area contributed by atoms with Crippen LogP contribution in [-0.2, 0) is 14.4 Å². The molecule has 0 aromatic heterocycles. The summed E-state index contributed by atoms with van der Waals surface area (Å²) in [5.41, 5.74) is 2.52. The Morgan fingerprint density at radius 1 is 0.875 bits per heavy atom. The molecule has 32 heavy (non-hydrogen) atoms. The molecule has 5 rings (SSSR count). The molecule has 0 N–H and O–H groups in total. The van der Waals surface area contributed by atoms with Crippen molar-refractivity contribution in [2.45, 2.75) is 19.1 Å². The Hall–Kier alpha value is -4.04. The van der Waals surface area contributed by atoms with Crippen LogP contribution in [-0.4, -0.2) is 22.8 Å². The minimum Gasteiger partial charge on any atom is -0.273 e. The SMILES string of the molecule is Cc1cccc(N2C(=O)[C@@H]3[C@H](ON(c4cccc([N+](=O)[O-])c4)[C@H]3c3ccccc3)C2=O)c1. The van der Waals surface area contributed by atoms with Gasteiger partial charge in [0.15, 0.2) is 6.10 Å². The zero-order valence-corrected chi connectivity index (χ0v) is 17.1. The first kappa shape index (κ1) is 19.9. The standard InChI is InChI=1S/C24H19N3O5/c1-15-7-5-10-17(13-15)25-23(28)20-21(16-8-3-2-4-9-16)26(32-22(20)24(25)29)18-11-6-12-19(14-18)27(30)31/h2-14,20-22H,1H3/t20-,21-,22-/m0/s1. The molecule has 0 aliphatic carbocycles. The molecular weight excluding hydrogens is 410 g/mol.